The summed E-state index contributed by atoms with van der Waals surface area (Å²) in [7, 11) is 0. The number of benzene rings is 2. The van der Waals surface area contributed by atoms with Crippen molar-refractivity contribution in [3.05, 3.63) is 54.1 Å². The lowest BCUT2D eigenvalue weighted by atomic mass is 10.1. The van der Waals surface area contributed by atoms with Crippen LogP contribution < -0.4 is 20.3 Å². The second-order valence-electron chi connectivity index (χ2n) is 8.24. The van der Waals surface area contributed by atoms with Crippen LogP contribution in [0.15, 0.2) is 48.5 Å². The van der Waals surface area contributed by atoms with Crippen molar-refractivity contribution < 1.29 is 19.1 Å². The van der Waals surface area contributed by atoms with Gasteiger partial charge in [0.25, 0.3) is 5.91 Å². The predicted molar refractivity (Wildman–Crippen MR) is 120 cm³/mol. The number of anilines is 2. The summed E-state index contributed by atoms with van der Waals surface area (Å²) in [6, 6.07) is 14.5. The van der Waals surface area contributed by atoms with Gasteiger partial charge in [0.15, 0.2) is 6.61 Å². The molecule has 7 heteroatoms. The van der Waals surface area contributed by atoms with Crippen molar-refractivity contribution >= 4 is 29.1 Å². The Morgan fingerprint density at radius 2 is 1.77 bits per heavy atom. The highest BCUT2D eigenvalue weighted by molar-refractivity contribution is 6.00. The third-order valence-corrected chi connectivity index (χ3v) is 5.03. The van der Waals surface area contributed by atoms with E-state index in [0.717, 1.165) is 5.56 Å². The van der Waals surface area contributed by atoms with Gasteiger partial charge in [-0.15, -0.1) is 0 Å². The molecule has 164 valence electrons. The standard InChI is InChI=1S/C24H29N3O4/c1-16(2)13-25-24(30)18-12-23(29)27(14-18)20-8-10-21(11-9-20)31-15-22(28)26-19-6-4-17(3)5-7-19/h4-11,16,18H,12-15H2,1-3H3,(H,25,30)(H,26,28)/t18-/m0/s1. The Labute approximate surface area is 182 Å². The summed E-state index contributed by atoms with van der Waals surface area (Å²) in [5, 5.41) is 5.68. The van der Waals surface area contributed by atoms with Crippen LogP contribution in [0.25, 0.3) is 0 Å². The Morgan fingerprint density at radius 1 is 1.10 bits per heavy atom. The number of aryl methyl sites for hydroxylation is 1. The van der Waals surface area contributed by atoms with E-state index in [4.69, 9.17) is 4.74 Å². The minimum absolute atomic E-state index is 0.0733. The van der Waals surface area contributed by atoms with E-state index >= 15 is 0 Å². The number of hydrogen-bond donors (Lipinski definition) is 2. The maximum absolute atomic E-state index is 12.4. The van der Waals surface area contributed by atoms with Crippen molar-refractivity contribution in [3.63, 3.8) is 0 Å². The van der Waals surface area contributed by atoms with Gasteiger partial charge in [-0.2, -0.15) is 0 Å². The molecule has 31 heavy (non-hydrogen) atoms. The molecule has 2 aromatic rings. The van der Waals surface area contributed by atoms with Crippen LogP contribution in [0.1, 0.15) is 25.8 Å². The van der Waals surface area contributed by atoms with E-state index < -0.39 is 0 Å². The molecule has 0 radical (unpaired) electrons. The molecule has 2 N–H and O–H groups in total. The van der Waals surface area contributed by atoms with Gasteiger partial charge < -0.3 is 20.3 Å². The molecule has 3 rings (SSSR count). The third kappa shape index (κ3) is 6.31. The lowest BCUT2D eigenvalue weighted by Gasteiger charge is -2.17. The van der Waals surface area contributed by atoms with Gasteiger partial charge in [0.05, 0.1) is 5.92 Å². The largest absolute Gasteiger partial charge is 0.484 e. The van der Waals surface area contributed by atoms with Gasteiger partial charge >= 0.3 is 0 Å². The number of ether oxygens (including phenoxy) is 1. The first-order valence-electron chi connectivity index (χ1n) is 10.5. The molecule has 2 aromatic carbocycles. The van der Waals surface area contributed by atoms with E-state index in [1.54, 1.807) is 29.2 Å². The summed E-state index contributed by atoms with van der Waals surface area (Å²) >= 11 is 0. The highest BCUT2D eigenvalue weighted by atomic mass is 16.5. The normalized spacial score (nSPS) is 15.8. The van der Waals surface area contributed by atoms with E-state index in [-0.39, 0.29) is 36.7 Å². The molecular weight excluding hydrogens is 394 g/mol. The number of amides is 3. The summed E-state index contributed by atoms with van der Waals surface area (Å²) in [5.74, 6) is 0.148. The highest BCUT2D eigenvalue weighted by Gasteiger charge is 2.35. The monoisotopic (exact) mass is 423 g/mol. The molecule has 0 saturated carbocycles. The van der Waals surface area contributed by atoms with Crippen LogP contribution in [0.2, 0.25) is 0 Å². The first-order valence-corrected chi connectivity index (χ1v) is 10.5. The van der Waals surface area contributed by atoms with E-state index in [0.29, 0.717) is 36.1 Å². The van der Waals surface area contributed by atoms with Crippen LogP contribution in [-0.4, -0.2) is 37.4 Å². The van der Waals surface area contributed by atoms with Crippen LogP contribution >= 0.6 is 0 Å². The van der Waals surface area contributed by atoms with E-state index in [1.807, 2.05) is 45.0 Å². The van der Waals surface area contributed by atoms with Crippen LogP contribution in [-0.2, 0) is 14.4 Å². The average molecular weight is 424 g/mol. The highest BCUT2D eigenvalue weighted by Crippen LogP contribution is 2.27. The molecule has 7 nitrogen and oxygen atoms in total. The Bertz CT molecular complexity index is 923. The molecule has 1 saturated heterocycles. The molecule has 1 fully saturated rings. The van der Waals surface area contributed by atoms with Crippen molar-refractivity contribution in [1.82, 2.24) is 5.32 Å². The Kier molecular flexibility index (Phi) is 7.28. The van der Waals surface area contributed by atoms with E-state index in [1.165, 1.54) is 0 Å². The molecule has 1 aliphatic heterocycles. The molecule has 1 atom stereocenters. The van der Waals surface area contributed by atoms with Crippen molar-refractivity contribution in [2.45, 2.75) is 27.2 Å². The summed E-state index contributed by atoms with van der Waals surface area (Å²) in [6.07, 6.45) is 0.210. The molecule has 1 heterocycles. The minimum Gasteiger partial charge on any atom is -0.484 e. The first-order chi connectivity index (χ1) is 14.8. The average Bonchev–Trinajstić information content (AvgIpc) is 3.14. The Morgan fingerprint density at radius 3 is 2.42 bits per heavy atom. The van der Waals surface area contributed by atoms with Crippen LogP contribution in [0.3, 0.4) is 0 Å². The van der Waals surface area contributed by atoms with Crippen molar-refractivity contribution in [3.8, 4) is 5.75 Å². The third-order valence-electron chi connectivity index (χ3n) is 5.03. The van der Waals surface area contributed by atoms with Gasteiger partial charge in [0, 0.05) is 30.9 Å². The lowest BCUT2D eigenvalue weighted by molar-refractivity contribution is -0.126. The molecule has 1 aliphatic rings. The fourth-order valence-electron chi connectivity index (χ4n) is 3.29. The van der Waals surface area contributed by atoms with Crippen LogP contribution in [0.4, 0.5) is 11.4 Å². The Hall–Kier alpha value is -3.35. The van der Waals surface area contributed by atoms with Gasteiger partial charge in [-0.25, -0.2) is 0 Å². The predicted octanol–water partition coefficient (Wildman–Crippen LogP) is 3.14. The number of carbonyl (C=O) groups excluding carboxylic acids is 3. The second-order valence-corrected chi connectivity index (χ2v) is 8.24. The summed E-state index contributed by atoms with van der Waals surface area (Å²) in [4.78, 5) is 38.3. The maximum atomic E-state index is 12.4. The molecule has 0 unspecified atom stereocenters. The van der Waals surface area contributed by atoms with E-state index in [2.05, 4.69) is 10.6 Å². The van der Waals surface area contributed by atoms with Crippen molar-refractivity contribution in [2.24, 2.45) is 11.8 Å². The molecule has 0 spiro atoms. The molecule has 0 bridgehead atoms. The SMILES string of the molecule is Cc1ccc(NC(=O)COc2ccc(N3C[C@@H](C(=O)NCC(C)C)CC3=O)cc2)cc1. The zero-order valence-electron chi connectivity index (χ0n) is 18.2. The molecule has 3 amide bonds. The Balaban J connectivity index is 1.50. The molecule has 0 aromatic heterocycles. The number of nitrogens with zero attached hydrogens (tertiary/aromatic N) is 1. The summed E-state index contributed by atoms with van der Waals surface area (Å²) in [6.45, 7) is 6.89. The van der Waals surface area contributed by atoms with Gasteiger partial charge in [0.1, 0.15) is 5.75 Å². The zero-order valence-corrected chi connectivity index (χ0v) is 18.2. The first kappa shape index (κ1) is 22.3. The maximum Gasteiger partial charge on any atom is 0.262 e. The van der Waals surface area contributed by atoms with Gasteiger partial charge in [-0.05, 0) is 49.2 Å². The quantitative estimate of drug-likeness (QED) is 0.683. The zero-order chi connectivity index (χ0) is 22.4. The number of nitrogens with one attached hydrogen (secondary N) is 2. The van der Waals surface area contributed by atoms with Gasteiger partial charge in [0.2, 0.25) is 11.8 Å². The number of hydrogen-bond acceptors (Lipinski definition) is 4. The number of carbonyl (C=O) groups is 3. The fourth-order valence-corrected chi connectivity index (χ4v) is 3.29. The van der Waals surface area contributed by atoms with Gasteiger partial charge in [-0.1, -0.05) is 31.5 Å². The van der Waals surface area contributed by atoms with Crippen molar-refractivity contribution in [2.75, 3.05) is 29.9 Å². The van der Waals surface area contributed by atoms with Crippen LogP contribution in [0.5, 0.6) is 5.75 Å². The summed E-state index contributed by atoms with van der Waals surface area (Å²) in [5.41, 5.74) is 2.54. The lowest BCUT2D eigenvalue weighted by Crippen LogP contribution is -2.35. The molecular formula is C24H29N3O4. The van der Waals surface area contributed by atoms with Crippen LogP contribution in [0, 0.1) is 18.8 Å². The second kappa shape index (κ2) is 10.1. The van der Waals surface area contributed by atoms with E-state index in [9.17, 15) is 14.4 Å². The summed E-state index contributed by atoms with van der Waals surface area (Å²) < 4.78 is 5.54. The molecule has 0 aliphatic carbocycles. The fraction of sp³-hybridized carbons (Fsp3) is 0.375. The topological polar surface area (TPSA) is 87.7 Å². The smallest absolute Gasteiger partial charge is 0.262 e. The van der Waals surface area contributed by atoms with Gasteiger partial charge in [-0.3, -0.25) is 14.4 Å². The number of rotatable bonds is 8. The minimum atomic E-state index is -0.340. The van der Waals surface area contributed by atoms with Crippen molar-refractivity contribution in [1.29, 1.82) is 0 Å².